The van der Waals surface area contributed by atoms with Gasteiger partial charge in [0.25, 0.3) is 0 Å². The van der Waals surface area contributed by atoms with Crippen molar-refractivity contribution in [3.05, 3.63) is 36.2 Å². The molecule has 0 aliphatic heterocycles. The molecule has 0 unspecified atom stereocenters. The van der Waals surface area contributed by atoms with Gasteiger partial charge in [-0.05, 0) is 33.6 Å². The van der Waals surface area contributed by atoms with E-state index in [1.165, 1.54) is 12.8 Å². The first kappa shape index (κ1) is 12.3. The molecule has 2 N–H and O–H groups in total. The van der Waals surface area contributed by atoms with Crippen molar-refractivity contribution in [1.29, 1.82) is 0 Å². The highest BCUT2D eigenvalue weighted by Gasteiger charge is 2.34. The number of hydrogen-bond donors (Lipinski definition) is 1. The van der Waals surface area contributed by atoms with E-state index in [0.717, 1.165) is 22.9 Å². The van der Waals surface area contributed by atoms with Crippen LogP contribution in [0.3, 0.4) is 0 Å². The van der Waals surface area contributed by atoms with Crippen LogP contribution in [0.4, 0.5) is 5.82 Å². The largest absolute Gasteiger partial charge is 0.383 e. The zero-order valence-electron chi connectivity index (χ0n) is 11.9. The molecule has 0 spiro atoms. The van der Waals surface area contributed by atoms with Crippen LogP contribution in [0.1, 0.15) is 45.4 Å². The molecule has 3 rings (SSSR count). The zero-order chi connectivity index (χ0) is 13.6. The molecular weight excluding hydrogens is 234 g/mol. The highest BCUT2D eigenvalue weighted by Crippen LogP contribution is 2.44. The van der Waals surface area contributed by atoms with Crippen LogP contribution < -0.4 is 5.73 Å². The standard InChI is InChI=1S/C16H21N3/c1-16(2,3)19-14(17)13(11-7-5-4-6-8-11)18-15(19)12-9-10-12/h4-8,12H,9-10,17H2,1-3H3. The molecular formula is C16H21N3. The quantitative estimate of drug-likeness (QED) is 0.887. The number of rotatable bonds is 2. The minimum atomic E-state index is -0.0258. The van der Waals surface area contributed by atoms with Crippen molar-refractivity contribution in [2.75, 3.05) is 5.73 Å². The predicted molar refractivity (Wildman–Crippen MR) is 79.0 cm³/mol. The lowest BCUT2D eigenvalue weighted by Gasteiger charge is -2.25. The Morgan fingerprint density at radius 2 is 1.79 bits per heavy atom. The van der Waals surface area contributed by atoms with Gasteiger partial charge in [-0.2, -0.15) is 0 Å². The number of benzene rings is 1. The van der Waals surface area contributed by atoms with Crippen LogP contribution >= 0.6 is 0 Å². The number of imidazole rings is 1. The SMILES string of the molecule is CC(C)(C)n1c(C2CC2)nc(-c2ccccc2)c1N. The van der Waals surface area contributed by atoms with Crippen molar-refractivity contribution in [1.82, 2.24) is 9.55 Å². The maximum absolute atomic E-state index is 6.39. The van der Waals surface area contributed by atoms with Gasteiger partial charge >= 0.3 is 0 Å². The van der Waals surface area contributed by atoms with Crippen molar-refractivity contribution in [3.8, 4) is 11.3 Å². The highest BCUT2D eigenvalue weighted by molar-refractivity contribution is 5.71. The summed E-state index contributed by atoms with van der Waals surface area (Å²) in [6.07, 6.45) is 2.47. The highest BCUT2D eigenvalue weighted by atomic mass is 15.2. The van der Waals surface area contributed by atoms with E-state index < -0.39 is 0 Å². The zero-order valence-corrected chi connectivity index (χ0v) is 11.9. The Hall–Kier alpha value is -1.77. The van der Waals surface area contributed by atoms with E-state index in [4.69, 9.17) is 10.7 Å². The van der Waals surface area contributed by atoms with Gasteiger partial charge in [0.1, 0.15) is 17.3 Å². The van der Waals surface area contributed by atoms with Crippen molar-refractivity contribution >= 4 is 5.82 Å². The van der Waals surface area contributed by atoms with Gasteiger partial charge in [0.05, 0.1) is 0 Å². The van der Waals surface area contributed by atoms with Gasteiger partial charge in [-0.1, -0.05) is 30.3 Å². The van der Waals surface area contributed by atoms with Gasteiger partial charge in [-0.15, -0.1) is 0 Å². The molecule has 1 fully saturated rings. The third kappa shape index (κ3) is 2.14. The maximum atomic E-state index is 6.39. The summed E-state index contributed by atoms with van der Waals surface area (Å²) in [4.78, 5) is 4.85. The van der Waals surface area contributed by atoms with E-state index in [1.807, 2.05) is 18.2 Å². The monoisotopic (exact) mass is 255 g/mol. The van der Waals surface area contributed by atoms with E-state index in [0.29, 0.717) is 5.92 Å². The summed E-state index contributed by atoms with van der Waals surface area (Å²) in [5.41, 5.74) is 8.39. The second kappa shape index (κ2) is 4.12. The fourth-order valence-corrected chi connectivity index (χ4v) is 2.58. The van der Waals surface area contributed by atoms with Gasteiger partial charge < -0.3 is 10.3 Å². The summed E-state index contributed by atoms with van der Waals surface area (Å²) < 4.78 is 2.22. The second-order valence-electron chi connectivity index (χ2n) is 6.35. The third-order valence-electron chi connectivity index (χ3n) is 3.60. The Morgan fingerprint density at radius 1 is 1.16 bits per heavy atom. The van der Waals surface area contributed by atoms with E-state index in [1.54, 1.807) is 0 Å². The molecule has 1 saturated carbocycles. The normalized spacial score (nSPS) is 15.7. The number of aromatic nitrogens is 2. The first-order valence-electron chi connectivity index (χ1n) is 6.92. The van der Waals surface area contributed by atoms with Crippen molar-refractivity contribution in [3.63, 3.8) is 0 Å². The van der Waals surface area contributed by atoms with E-state index in [9.17, 15) is 0 Å². The van der Waals surface area contributed by atoms with Gasteiger partial charge in [-0.3, -0.25) is 0 Å². The summed E-state index contributed by atoms with van der Waals surface area (Å²) in [5.74, 6) is 2.54. The van der Waals surface area contributed by atoms with Crippen molar-refractivity contribution < 1.29 is 0 Å². The van der Waals surface area contributed by atoms with Gasteiger partial charge in [0, 0.05) is 17.0 Å². The lowest BCUT2D eigenvalue weighted by molar-refractivity contribution is 0.388. The molecule has 1 aromatic carbocycles. The summed E-state index contributed by atoms with van der Waals surface area (Å²) in [6.45, 7) is 6.56. The maximum Gasteiger partial charge on any atom is 0.132 e. The molecule has 3 nitrogen and oxygen atoms in total. The van der Waals surface area contributed by atoms with E-state index in [-0.39, 0.29) is 5.54 Å². The van der Waals surface area contributed by atoms with Crippen LogP contribution in [-0.2, 0) is 5.54 Å². The Bertz CT molecular complexity index is 586. The minimum absolute atomic E-state index is 0.0258. The number of nitrogens with zero attached hydrogens (tertiary/aromatic N) is 2. The summed E-state index contributed by atoms with van der Waals surface area (Å²) in [5, 5.41) is 0. The first-order chi connectivity index (χ1) is 8.98. The van der Waals surface area contributed by atoms with Crippen LogP contribution in [0.25, 0.3) is 11.3 Å². The molecule has 19 heavy (non-hydrogen) atoms. The molecule has 1 heterocycles. The van der Waals surface area contributed by atoms with E-state index >= 15 is 0 Å². The number of hydrogen-bond acceptors (Lipinski definition) is 2. The molecule has 3 heteroatoms. The first-order valence-corrected chi connectivity index (χ1v) is 6.92. The fourth-order valence-electron chi connectivity index (χ4n) is 2.58. The van der Waals surface area contributed by atoms with Crippen molar-refractivity contribution in [2.45, 2.75) is 45.1 Å². The smallest absolute Gasteiger partial charge is 0.132 e. The number of anilines is 1. The Labute approximate surface area is 114 Å². The van der Waals surface area contributed by atoms with Gasteiger partial charge in [0.2, 0.25) is 0 Å². The molecule has 1 aromatic heterocycles. The molecule has 100 valence electrons. The minimum Gasteiger partial charge on any atom is -0.383 e. The average Bonchev–Trinajstić information content (AvgIpc) is 3.13. The molecule has 0 saturated heterocycles. The molecule has 0 bridgehead atoms. The average molecular weight is 255 g/mol. The Balaban J connectivity index is 2.17. The molecule has 1 aliphatic rings. The third-order valence-corrected chi connectivity index (χ3v) is 3.60. The van der Waals surface area contributed by atoms with Crippen molar-refractivity contribution in [2.24, 2.45) is 0 Å². The van der Waals surface area contributed by atoms with Gasteiger partial charge in [-0.25, -0.2) is 4.98 Å². The van der Waals surface area contributed by atoms with Crippen LogP contribution in [0, 0.1) is 0 Å². The molecule has 2 aromatic rings. The number of nitrogen functional groups attached to an aromatic ring is 1. The Morgan fingerprint density at radius 3 is 2.32 bits per heavy atom. The Kier molecular flexibility index (Phi) is 2.66. The summed E-state index contributed by atoms with van der Waals surface area (Å²) >= 11 is 0. The van der Waals surface area contributed by atoms with Crippen LogP contribution in [0.5, 0.6) is 0 Å². The molecule has 0 amide bonds. The van der Waals surface area contributed by atoms with Crippen LogP contribution in [0.15, 0.2) is 30.3 Å². The molecule has 0 radical (unpaired) electrons. The lowest BCUT2D eigenvalue weighted by Crippen LogP contribution is -2.25. The van der Waals surface area contributed by atoms with Gasteiger partial charge in [0.15, 0.2) is 0 Å². The molecule has 0 atom stereocenters. The predicted octanol–water partition coefficient (Wildman–Crippen LogP) is 3.76. The van der Waals surface area contributed by atoms with E-state index in [2.05, 4.69) is 37.5 Å². The van der Waals surface area contributed by atoms with Crippen LogP contribution in [-0.4, -0.2) is 9.55 Å². The second-order valence-corrected chi connectivity index (χ2v) is 6.35. The van der Waals surface area contributed by atoms with Crippen LogP contribution in [0.2, 0.25) is 0 Å². The lowest BCUT2D eigenvalue weighted by atomic mass is 10.1. The summed E-state index contributed by atoms with van der Waals surface area (Å²) in [6, 6.07) is 10.2. The fraction of sp³-hybridized carbons (Fsp3) is 0.438. The summed E-state index contributed by atoms with van der Waals surface area (Å²) in [7, 11) is 0. The number of nitrogens with two attached hydrogens (primary N) is 1. The topological polar surface area (TPSA) is 43.8 Å². The molecule has 1 aliphatic carbocycles.